The van der Waals surface area contributed by atoms with Crippen LogP contribution < -0.4 is 27.8 Å². The molecule has 6 heterocycles. The first kappa shape index (κ1) is 73.8. The summed E-state index contributed by atoms with van der Waals surface area (Å²) in [6.07, 6.45) is 7.06. The van der Waals surface area contributed by atoms with Crippen LogP contribution in [-0.4, -0.2) is 116 Å². The van der Waals surface area contributed by atoms with E-state index in [-0.39, 0.29) is 73.6 Å². The number of hydrogen-bond donors (Lipinski definition) is 5. The maximum absolute atomic E-state index is 14.7. The maximum Gasteiger partial charge on any atom is 0.270 e. The van der Waals surface area contributed by atoms with Gasteiger partial charge >= 0.3 is 0 Å². The van der Waals surface area contributed by atoms with E-state index in [0.29, 0.717) is 56.7 Å². The average Bonchev–Trinajstić information content (AvgIpc) is 1.08. The molecule has 0 aliphatic rings. The zero-order chi connectivity index (χ0) is 73.2. The lowest BCUT2D eigenvalue weighted by Crippen LogP contribution is -2.16. The first-order valence-electron chi connectivity index (χ1n) is 32.4. The van der Waals surface area contributed by atoms with Gasteiger partial charge in [0.2, 0.25) is 17.7 Å². The molecule has 102 heavy (non-hydrogen) atoms. The summed E-state index contributed by atoms with van der Waals surface area (Å²) in [4.78, 5) is 26.4. The summed E-state index contributed by atoms with van der Waals surface area (Å²) in [6, 6.07) is 38.8. The van der Waals surface area contributed by atoms with Crippen molar-refractivity contribution >= 4 is 47.0 Å². The van der Waals surface area contributed by atoms with Crippen LogP contribution in [0.5, 0.6) is 0 Å². The van der Waals surface area contributed by atoms with Crippen LogP contribution in [-0.2, 0) is 49.0 Å². The van der Waals surface area contributed by atoms with Crippen LogP contribution in [0.2, 0.25) is 0 Å². The van der Waals surface area contributed by atoms with Crippen LogP contribution >= 0.6 is 0 Å². The number of anilines is 3. The molecule has 528 valence electrons. The fraction of sp³-hybridized carbons (Fsp3) is 0.250. The fourth-order valence-corrected chi connectivity index (χ4v) is 14.0. The van der Waals surface area contributed by atoms with E-state index in [4.69, 9.17) is 30.5 Å². The number of nitrogens with two attached hydrogens (primary N) is 3. The van der Waals surface area contributed by atoms with E-state index in [0.717, 1.165) is 59.8 Å². The molecule has 1 atom stereocenters. The van der Waals surface area contributed by atoms with Gasteiger partial charge in [-0.1, -0.05) is 80.9 Å². The zero-order valence-electron chi connectivity index (χ0n) is 57.6. The minimum atomic E-state index is -3.76. The van der Waals surface area contributed by atoms with Gasteiger partial charge in [0.25, 0.3) is 17.7 Å². The van der Waals surface area contributed by atoms with Crippen LogP contribution in [0.4, 0.5) is 21.8 Å². The molecule has 12 aromatic rings. The highest BCUT2D eigenvalue weighted by Gasteiger charge is 2.27. The molecule has 0 radical (unpaired) electrons. The summed E-state index contributed by atoms with van der Waals surface area (Å²) in [5.74, 6) is 0.865. The van der Waals surface area contributed by atoms with Gasteiger partial charge in [-0.2, -0.15) is 0 Å². The van der Waals surface area contributed by atoms with Crippen molar-refractivity contribution < 1.29 is 42.9 Å². The first-order chi connectivity index (χ1) is 48.7. The summed E-state index contributed by atoms with van der Waals surface area (Å²) in [7, 11) is -6.75. The second-order valence-corrected chi connectivity index (χ2v) is 31.5. The number of nitrogen functional groups attached to an aromatic ring is 3. The highest BCUT2D eigenvalue weighted by Crippen LogP contribution is 2.35. The Morgan fingerprint density at radius 2 is 0.775 bits per heavy atom. The Hall–Kier alpha value is -10.9. The number of nitrogens with zero attached hydrogens (tertiary/aromatic N) is 12. The molecule has 0 bridgehead atoms. The van der Waals surface area contributed by atoms with Crippen molar-refractivity contribution in [3.8, 4) is 103 Å². The number of sulfone groups is 3. The minimum Gasteiger partial charge on any atom is -0.414 e. The zero-order valence-corrected chi connectivity index (χ0v) is 60.0. The van der Waals surface area contributed by atoms with E-state index < -0.39 is 51.1 Å². The summed E-state index contributed by atoms with van der Waals surface area (Å²) in [6.45, 7) is 15.3. The van der Waals surface area contributed by atoms with Gasteiger partial charge in [0.1, 0.15) is 10.7 Å². The Balaban J connectivity index is 0.000000165. The first-order valence-corrected chi connectivity index (χ1v) is 37.1. The Labute approximate surface area is 590 Å². The molecule has 0 saturated carbocycles. The monoisotopic (exact) mass is 1440 g/mol. The van der Waals surface area contributed by atoms with E-state index in [9.17, 15) is 29.6 Å². The van der Waals surface area contributed by atoms with E-state index >= 15 is 0 Å². The van der Waals surface area contributed by atoms with Gasteiger partial charge in [-0.15, -0.1) is 30.6 Å². The maximum atomic E-state index is 14.7. The second-order valence-electron chi connectivity index (χ2n) is 24.2. The number of benzene rings is 6. The van der Waals surface area contributed by atoms with Crippen molar-refractivity contribution in [3.05, 3.63) is 180 Å². The normalized spacial score (nSPS) is 12.0. The summed E-state index contributed by atoms with van der Waals surface area (Å²) < 4.78 is 107. The van der Waals surface area contributed by atoms with Crippen molar-refractivity contribution in [2.24, 2.45) is 0 Å². The molecule has 0 saturated heterocycles. The molecule has 6 aromatic heterocycles. The molecular formula is C72H76FN17O9S3. The molecule has 0 amide bonds. The molecule has 26 nitrogen and oxygen atoms in total. The third kappa shape index (κ3) is 16.6. The molecule has 0 aliphatic carbocycles. The van der Waals surface area contributed by atoms with Gasteiger partial charge in [-0.25, -0.2) is 59.5 Å². The van der Waals surface area contributed by atoms with Crippen LogP contribution in [0, 0.1) is 12.7 Å². The molecule has 0 fully saturated rings. The molecule has 6 aromatic carbocycles. The van der Waals surface area contributed by atoms with Gasteiger partial charge < -0.3 is 41.1 Å². The predicted octanol–water partition coefficient (Wildman–Crippen LogP) is 12.1. The quantitative estimate of drug-likeness (QED) is 0.0421. The standard InChI is InChI=1S/C25H27N5O3S.C24H26N6O3S.C23H23FN6O3S/c1-5-6-17-7-9-18(10-8-17)24-29-30-25(33-24)22-23(26)27-14-20(28-22)19-11-12-21(16(4)13-19)34(31,32)15(2)3;1-4-15(2)34(31,32)19-11-9-17(10-12-19)20-14-27-22(25)21(28-20)24-30-29-23(33-24)18-7-5-16(6-8-18)13-26-3;1-13(2)34(31,32)19-9-8-16(10-17(19)24)18-12-27-21(25)20(28-18)23-30-29-22(33-23)15-6-4-14(5-7-15)11-26-3/h7-15H,5-6H2,1-4H3,(H2,26,27);5-12,14-15,26H,4,13H2,1-3H3,(H2,25,27);4-10,12-13,26H,11H2,1-3H3,(H2,25,27). The molecule has 1 unspecified atom stereocenters. The summed E-state index contributed by atoms with van der Waals surface area (Å²) in [5, 5.41) is 29.1. The highest BCUT2D eigenvalue weighted by atomic mass is 32.2. The number of rotatable bonds is 22. The molecule has 0 spiro atoms. The van der Waals surface area contributed by atoms with Crippen LogP contribution in [0.25, 0.3) is 103 Å². The number of hydrogen-bond acceptors (Lipinski definition) is 26. The Kier molecular flexibility index (Phi) is 23.0. The number of halogens is 1. The Morgan fingerprint density at radius 3 is 1.14 bits per heavy atom. The third-order valence-corrected chi connectivity index (χ3v) is 23.1. The third-order valence-electron chi connectivity index (χ3n) is 16.3. The summed E-state index contributed by atoms with van der Waals surface area (Å²) in [5.41, 5.74) is 28.2. The van der Waals surface area contributed by atoms with Gasteiger partial charge in [0.15, 0.2) is 64.0 Å². The van der Waals surface area contributed by atoms with E-state index in [1.807, 2.05) is 93.8 Å². The lowest BCUT2D eigenvalue weighted by Gasteiger charge is -2.12. The molecule has 0 aliphatic heterocycles. The van der Waals surface area contributed by atoms with Crippen molar-refractivity contribution in [1.82, 2.24) is 71.1 Å². The predicted molar refractivity (Wildman–Crippen MR) is 388 cm³/mol. The van der Waals surface area contributed by atoms with Gasteiger partial charge in [0, 0.05) is 46.5 Å². The average molecular weight is 1440 g/mol. The van der Waals surface area contributed by atoms with Crippen LogP contribution in [0.3, 0.4) is 0 Å². The topological polar surface area (TPSA) is 399 Å². The number of aryl methyl sites for hydroxylation is 2. The molecule has 8 N–H and O–H groups in total. The van der Waals surface area contributed by atoms with Gasteiger partial charge in [0.05, 0.1) is 61.2 Å². The SMILES string of the molecule is CCC(C)S(=O)(=O)c1ccc(-c2cnc(N)c(-c3nnc(-c4ccc(CNC)cc4)o3)n2)cc1.CCCc1ccc(-c2nnc(-c3nc(-c4ccc(S(=O)(=O)C(C)C)c(C)c4)cnc3N)o2)cc1.CNCc1ccc(-c2nnc(-c3nc(-c4ccc(S(=O)(=O)C(C)C)c(F)c4)cnc3N)o2)cc1. The molecule has 12 rings (SSSR count). The van der Waals surface area contributed by atoms with Crippen molar-refractivity contribution in [2.45, 2.75) is 118 Å². The minimum absolute atomic E-state index is 0.0561. The van der Waals surface area contributed by atoms with Gasteiger partial charge in [-0.05, 0) is 164 Å². The van der Waals surface area contributed by atoms with Crippen LogP contribution in [0.15, 0.2) is 180 Å². The highest BCUT2D eigenvalue weighted by molar-refractivity contribution is 7.92. The van der Waals surface area contributed by atoms with E-state index in [1.54, 1.807) is 70.2 Å². The summed E-state index contributed by atoms with van der Waals surface area (Å²) >= 11 is 0. The largest absolute Gasteiger partial charge is 0.414 e. The fourth-order valence-electron chi connectivity index (χ4n) is 10.2. The smallest absolute Gasteiger partial charge is 0.270 e. The van der Waals surface area contributed by atoms with Crippen molar-refractivity contribution in [3.63, 3.8) is 0 Å². The Morgan fingerprint density at radius 1 is 0.431 bits per heavy atom. The van der Waals surface area contributed by atoms with Gasteiger partial charge in [-0.3, -0.25) is 0 Å². The van der Waals surface area contributed by atoms with Crippen molar-refractivity contribution in [1.29, 1.82) is 0 Å². The lowest BCUT2D eigenvalue weighted by molar-refractivity contribution is 0.561. The van der Waals surface area contributed by atoms with E-state index in [2.05, 4.69) is 78.1 Å². The lowest BCUT2D eigenvalue weighted by atomic mass is 10.1. The second kappa shape index (κ2) is 31.7. The Bertz CT molecular complexity index is 5070. The van der Waals surface area contributed by atoms with E-state index in [1.165, 1.54) is 50.1 Å². The molecular weight excluding hydrogens is 1360 g/mol. The van der Waals surface area contributed by atoms with Crippen LogP contribution in [0.1, 0.15) is 83.6 Å². The van der Waals surface area contributed by atoms with Crippen molar-refractivity contribution in [2.75, 3.05) is 31.3 Å². The number of aromatic nitrogens is 12. The molecule has 30 heteroatoms. The number of nitrogens with one attached hydrogen (secondary N) is 2.